The van der Waals surface area contributed by atoms with Crippen molar-refractivity contribution in [3.05, 3.63) is 35.9 Å². The molecule has 0 bridgehead atoms. The predicted octanol–water partition coefficient (Wildman–Crippen LogP) is 3.07. The number of carbonyl (C=O) groups is 1. The van der Waals surface area contributed by atoms with E-state index in [0.717, 1.165) is 38.0 Å². The summed E-state index contributed by atoms with van der Waals surface area (Å²) < 4.78 is 5.53. The van der Waals surface area contributed by atoms with Crippen molar-refractivity contribution in [1.29, 1.82) is 0 Å². The fourth-order valence-corrected chi connectivity index (χ4v) is 2.68. The van der Waals surface area contributed by atoms with Crippen LogP contribution in [0.5, 0.6) is 0 Å². The molecule has 1 atom stereocenters. The van der Waals surface area contributed by atoms with Crippen molar-refractivity contribution in [2.24, 2.45) is 11.7 Å². The van der Waals surface area contributed by atoms with Gasteiger partial charge in [-0.1, -0.05) is 37.3 Å². The average molecular weight is 275 g/mol. The maximum atomic E-state index is 12.0. The first-order chi connectivity index (χ1) is 9.65. The van der Waals surface area contributed by atoms with E-state index in [-0.39, 0.29) is 12.1 Å². The average Bonchev–Trinajstić information content (AvgIpc) is 2.48. The van der Waals surface area contributed by atoms with Gasteiger partial charge in [0.2, 0.25) is 0 Å². The van der Waals surface area contributed by atoms with Crippen molar-refractivity contribution in [2.45, 2.75) is 57.6 Å². The van der Waals surface area contributed by atoms with E-state index in [9.17, 15) is 4.79 Å². The van der Waals surface area contributed by atoms with Crippen LogP contribution in [0.25, 0.3) is 0 Å². The Bertz CT molecular complexity index is 410. The third-order valence-electron chi connectivity index (χ3n) is 4.14. The minimum Gasteiger partial charge on any atom is -0.461 e. The van der Waals surface area contributed by atoms with E-state index >= 15 is 0 Å². The lowest BCUT2D eigenvalue weighted by atomic mass is 9.89. The van der Waals surface area contributed by atoms with Gasteiger partial charge in [-0.25, -0.2) is 0 Å². The Hall–Kier alpha value is -1.35. The third kappa shape index (κ3) is 4.64. The number of carbonyl (C=O) groups excluding carboxylic acids is 1. The van der Waals surface area contributed by atoms with Crippen molar-refractivity contribution >= 4 is 5.97 Å². The van der Waals surface area contributed by atoms with E-state index < -0.39 is 6.04 Å². The van der Waals surface area contributed by atoms with Gasteiger partial charge in [-0.2, -0.15) is 0 Å². The molecular weight excluding hydrogens is 250 g/mol. The molecule has 1 aliphatic carbocycles. The minimum atomic E-state index is -0.505. The summed E-state index contributed by atoms with van der Waals surface area (Å²) >= 11 is 0. The smallest absolute Gasteiger partial charge is 0.323 e. The molecule has 1 aromatic rings. The van der Waals surface area contributed by atoms with Gasteiger partial charge in [-0.3, -0.25) is 4.79 Å². The number of hydrogen-bond donors (Lipinski definition) is 1. The van der Waals surface area contributed by atoms with Crippen LogP contribution in [-0.4, -0.2) is 18.1 Å². The van der Waals surface area contributed by atoms with Crippen LogP contribution in [0.2, 0.25) is 0 Å². The highest BCUT2D eigenvalue weighted by Gasteiger charge is 2.24. The highest BCUT2D eigenvalue weighted by molar-refractivity contribution is 5.75. The Balaban J connectivity index is 1.72. The summed E-state index contributed by atoms with van der Waals surface area (Å²) in [6, 6.07) is 9.60. The molecule has 3 heteroatoms. The Morgan fingerprint density at radius 2 is 1.90 bits per heavy atom. The monoisotopic (exact) mass is 275 g/mol. The Labute approximate surface area is 121 Å². The molecule has 1 fully saturated rings. The molecule has 0 saturated heterocycles. The molecule has 0 amide bonds. The minimum absolute atomic E-state index is 0.0847. The van der Waals surface area contributed by atoms with E-state index in [1.54, 1.807) is 0 Å². The predicted molar refractivity (Wildman–Crippen MR) is 80.3 cm³/mol. The van der Waals surface area contributed by atoms with E-state index in [4.69, 9.17) is 10.5 Å². The van der Waals surface area contributed by atoms with Gasteiger partial charge in [0.1, 0.15) is 12.1 Å². The topological polar surface area (TPSA) is 52.3 Å². The van der Waals surface area contributed by atoms with Gasteiger partial charge in [0.25, 0.3) is 0 Å². The highest BCUT2D eigenvalue weighted by atomic mass is 16.5. The number of hydrogen-bond acceptors (Lipinski definition) is 3. The van der Waals surface area contributed by atoms with Crippen LogP contribution in [0.1, 0.15) is 44.6 Å². The summed E-state index contributed by atoms with van der Waals surface area (Å²) in [4.78, 5) is 12.0. The molecule has 2 N–H and O–H groups in total. The second-order valence-corrected chi connectivity index (χ2v) is 5.95. The fraction of sp³-hybridized carbons (Fsp3) is 0.588. The van der Waals surface area contributed by atoms with Gasteiger partial charge in [-0.05, 0) is 50.0 Å². The number of rotatable bonds is 5. The molecule has 1 saturated carbocycles. The Morgan fingerprint density at radius 1 is 1.25 bits per heavy atom. The van der Waals surface area contributed by atoms with E-state index in [1.165, 1.54) is 5.56 Å². The first kappa shape index (κ1) is 15.0. The largest absolute Gasteiger partial charge is 0.461 e. The lowest BCUT2D eigenvalue weighted by molar-refractivity contribution is -0.152. The van der Waals surface area contributed by atoms with Crippen molar-refractivity contribution in [3.8, 4) is 0 Å². The van der Waals surface area contributed by atoms with Crippen molar-refractivity contribution in [3.63, 3.8) is 0 Å². The normalized spacial score (nSPS) is 24.1. The van der Waals surface area contributed by atoms with Crippen molar-refractivity contribution in [2.75, 3.05) is 0 Å². The molecule has 3 nitrogen and oxygen atoms in total. The number of esters is 1. The number of ether oxygens (including phenoxy) is 1. The molecule has 110 valence electrons. The molecule has 0 spiro atoms. The zero-order chi connectivity index (χ0) is 14.4. The van der Waals surface area contributed by atoms with Crippen LogP contribution in [-0.2, 0) is 16.0 Å². The summed E-state index contributed by atoms with van der Waals surface area (Å²) in [5, 5.41) is 0. The molecule has 0 aliphatic heterocycles. The molecule has 2 rings (SSSR count). The van der Waals surface area contributed by atoms with Crippen LogP contribution >= 0.6 is 0 Å². The lowest BCUT2D eigenvalue weighted by Gasteiger charge is -2.27. The number of aryl methyl sites for hydroxylation is 1. The maximum absolute atomic E-state index is 12.0. The quantitative estimate of drug-likeness (QED) is 0.840. The maximum Gasteiger partial charge on any atom is 0.323 e. The van der Waals surface area contributed by atoms with Gasteiger partial charge in [0.15, 0.2) is 0 Å². The summed E-state index contributed by atoms with van der Waals surface area (Å²) in [5.74, 6) is 0.525. The van der Waals surface area contributed by atoms with E-state index in [2.05, 4.69) is 19.1 Å². The third-order valence-corrected chi connectivity index (χ3v) is 4.14. The molecule has 20 heavy (non-hydrogen) atoms. The molecule has 0 heterocycles. The lowest BCUT2D eigenvalue weighted by Crippen LogP contribution is -2.36. The zero-order valence-corrected chi connectivity index (χ0v) is 12.3. The van der Waals surface area contributed by atoms with Crippen LogP contribution in [0.15, 0.2) is 30.3 Å². The fourth-order valence-electron chi connectivity index (χ4n) is 2.68. The Kier molecular flexibility index (Phi) is 5.60. The second kappa shape index (κ2) is 7.44. The van der Waals surface area contributed by atoms with Crippen LogP contribution < -0.4 is 5.73 Å². The zero-order valence-electron chi connectivity index (χ0n) is 12.3. The highest BCUT2D eigenvalue weighted by Crippen LogP contribution is 2.25. The van der Waals surface area contributed by atoms with Gasteiger partial charge < -0.3 is 10.5 Å². The SMILES string of the molecule is CC1CCC(OC(=O)C(N)CCc2ccccc2)CC1. The van der Waals surface area contributed by atoms with Crippen LogP contribution in [0.3, 0.4) is 0 Å². The van der Waals surface area contributed by atoms with Crippen molar-refractivity contribution in [1.82, 2.24) is 0 Å². The summed E-state index contributed by atoms with van der Waals surface area (Å²) in [5.41, 5.74) is 7.15. The van der Waals surface area contributed by atoms with Gasteiger partial charge >= 0.3 is 5.97 Å². The van der Waals surface area contributed by atoms with Gasteiger partial charge in [0.05, 0.1) is 0 Å². The van der Waals surface area contributed by atoms with Crippen LogP contribution in [0.4, 0.5) is 0 Å². The summed E-state index contributed by atoms with van der Waals surface area (Å²) in [6.45, 7) is 2.25. The number of nitrogens with two attached hydrogens (primary N) is 1. The molecule has 0 aromatic heterocycles. The van der Waals surface area contributed by atoms with E-state index in [0.29, 0.717) is 6.42 Å². The molecule has 1 aliphatic rings. The molecule has 1 aromatic carbocycles. The molecular formula is C17H25NO2. The van der Waals surface area contributed by atoms with Gasteiger partial charge in [0, 0.05) is 0 Å². The van der Waals surface area contributed by atoms with Crippen LogP contribution in [0, 0.1) is 5.92 Å². The standard InChI is InChI=1S/C17H25NO2/c1-13-7-10-15(11-8-13)20-17(19)16(18)12-9-14-5-3-2-4-6-14/h2-6,13,15-16H,7-12,18H2,1H3. The summed E-state index contributed by atoms with van der Waals surface area (Å²) in [6.07, 6.45) is 5.82. The summed E-state index contributed by atoms with van der Waals surface area (Å²) in [7, 11) is 0. The van der Waals surface area contributed by atoms with Crippen molar-refractivity contribution < 1.29 is 9.53 Å². The second-order valence-electron chi connectivity index (χ2n) is 5.95. The molecule has 0 radical (unpaired) electrons. The molecule has 1 unspecified atom stereocenters. The number of benzene rings is 1. The van der Waals surface area contributed by atoms with Gasteiger partial charge in [-0.15, -0.1) is 0 Å². The Morgan fingerprint density at radius 3 is 2.55 bits per heavy atom. The van der Waals surface area contributed by atoms with E-state index in [1.807, 2.05) is 18.2 Å². The first-order valence-electron chi connectivity index (χ1n) is 7.65. The first-order valence-corrected chi connectivity index (χ1v) is 7.65.